The zero-order valence-electron chi connectivity index (χ0n) is 18.7. The molecular weight excluding hydrogens is 436 g/mol. The quantitative estimate of drug-likeness (QED) is 0.662. The predicted octanol–water partition coefficient (Wildman–Crippen LogP) is 4.10. The summed E-state index contributed by atoms with van der Waals surface area (Å²) in [7, 11) is 2.23. The smallest absolute Gasteiger partial charge is 0.328 e. The summed E-state index contributed by atoms with van der Waals surface area (Å²) in [5.41, 5.74) is 7.38. The summed E-state index contributed by atoms with van der Waals surface area (Å²) in [4.78, 5) is 27.0. The number of hydrogen-bond acceptors (Lipinski definition) is 5. The van der Waals surface area contributed by atoms with Gasteiger partial charge in [0.1, 0.15) is 0 Å². The van der Waals surface area contributed by atoms with Gasteiger partial charge in [0.25, 0.3) is 0 Å². The molecule has 0 bridgehead atoms. The van der Waals surface area contributed by atoms with Gasteiger partial charge in [-0.15, -0.1) is 0 Å². The van der Waals surface area contributed by atoms with Gasteiger partial charge in [0.2, 0.25) is 0 Å². The lowest BCUT2D eigenvalue weighted by atomic mass is 10.0. The van der Waals surface area contributed by atoms with E-state index in [0.29, 0.717) is 12.2 Å². The molecule has 3 aliphatic rings. The molecule has 0 saturated carbocycles. The Morgan fingerprint density at radius 1 is 0.909 bits per heavy atom. The molecule has 5 rings (SSSR count). The van der Waals surface area contributed by atoms with Crippen LogP contribution in [0.1, 0.15) is 28.7 Å². The first kappa shape index (κ1) is 23.1. The maximum atomic E-state index is 9.55. The lowest BCUT2D eigenvalue weighted by molar-refractivity contribution is -0.134. The molecule has 0 aromatic heterocycles. The Hall–Kier alpha value is -3.03. The average molecular weight is 465 g/mol. The van der Waals surface area contributed by atoms with E-state index in [2.05, 4.69) is 59.3 Å². The van der Waals surface area contributed by atoms with Crippen LogP contribution in [0.2, 0.25) is 0 Å². The van der Waals surface area contributed by atoms with Crippen molar-refractivity contribution in [3.63, 3.8) is 0 Å². The molecule has 2 aromatic rings. The van der Waals surface area contributed by atoms with Crippen molar-refractivity contribution in [2.45, 2.75) is 29.1 Å². The first-order chi connectivity index (χ1) is 15.9. The molecule has 2 heterocycles. The van der Waals surface area contributed by atoms with Crippen molar-refractivity contribution in [1.29, 1.82) is 0 Å². The van der Waals surface area contributed by atoms with E-state index in [-0.39, 0.29) is 0 Å². The van der Waals surface area contributed by atoms with Crippen molar-refractivity contribution < 1.29 is 19.8 Å². The minimum absolute atomic E-state index is 0.558. The molecule has 2 aliphatic heterocycles. The Labute approximate surface area is 198 Å². The van der Waals surface area contributed by atoms with Crippen molar-refractivity contribution >= 4 is 35.5 Å². The monoisotopic (exact) mass is 464 g/mol. The second-order valence-corrected chi connectivity index (χ2v) is 9.52. The number of rotatable bonds is 3. The summed E-state index contributed by atoms with van der Waals surface area (Å²) in [5, 5.41) is 15.6. The predicted molar refractivity (Wildman–Crippen MR) is 130 cm³/mol. The van der Waals surface area contributed by atoms with Gasteiger partial charge in [-0.1, -0.05) is 30.0 Å². The van der Waals surface area contributed by atoms with Gasteiger partial charge in [-0.3, -0.25) is 0 Å². The van der Waals surface area contributed by atoms with E-state index in [9.17, 15) is 9.59 Å². The maximum absolute atomic E-state index is 9.55. The molecule has 7 heteroatoms. The Bertz CT molecular complexity index is 1100. The number of nitrogens with zero attached hydrogens (tertiary/aromatic N) is 2. The molecule has 2 N–H and O–H groups in total. The van der Waals surface area contributed by atoms with E-state index in [1.165, 1.54) is 45.9 Å². The first-order valence-electron chi connectivity index (χ1n) is 11.1. The molecule has 0 atom stereocenters. The second kappa shape index (κ2) is 10.3. The number of fused-ring (bicyclic) bond motifs is 3. The van der Waals surface area contributed by atoms with Crippen LogP contribution >= 0.6 is 11.8 Å². The molecule has 33 heavy (non-hydrogen) atoms. The topological polar surface area (TPSA) is 81.1 Å². The van der Waals surface area contributed by atoms with Crippen LogP contribution in [0.5, 0.6) is 0 Å². The normalized spacial score (nSPS) is 17.2. The third-order valence-corrected chi connectivity index (χ3v) is 7.26. The van der Waals surface area contributed by atoms with Gasteiger partial charge in [-0.05, 0) is 67.3 Å². The minimum Gasteiger partial charge on any atom is -0.478 e. The van der Waals surface area contributed by atoms with E-state index >= 15 is 0 Å². The Morgan fingerprint density at radius 2 is 1.55 bits per heavy atom. The number of likely N-dealkylation sites (N-methyl/N-ethyl adjacent to an activating group) is 1. The van der Waals surface area contributed by atoms with Crippen LogP contribution in [0.15, 0.2) is 58.3 Å². The zero-order chi connectivity index (χ0) is 23.4. The second-order valence-electron chi connectivity index (χ2n) is 8.44. The fourth-order valence-corrected chi connectivity index (χ4v) is 5.48. The van der Waals surface area contributed by atoms with Gasteiger partial charge in [0.15, 0.2) is 0 Å². The highest BCUT2D eigenvalue weighted by Gasteiger charge is 2.25. The molecule has 0 spiro atoms. The lowest BCUT2D eigenvalue weighted by Crippen LogP contribution is -2.43. The van der Waals surface area contributed by atoms with E-state index in [0.717, 1.165) is 26.2 Å². The van der Waals surface area contributed by atoms with Crippen LogP contribution in [0, 0.1) is 0 Å². The van der Waals surface area contributed by atoms with E-state index in [1.54, 1.807) is 11.1 Å². The number of aliphatic carboxylic acids is 2. The molecule has 1 aliphatic carbocycles. The summed E-state index contributed by atoms with van der Waals surface area (Å²) in [6.45, 7) is 4.52. The van der Waals surface area contributed by atoms with Crippen LogP contribution in [-0.4, -0.2) is 65.2 Å². The van der Waals surface area contributed by atoms with E-state index in [1.807, 2.05) is 11.8 Å². The fourth-order valence-electron chi connectivity index (χ4n) is 4.37. The van der Waals surface area contributed by atoms with Crippen molar-refractivity contribution in [3.05, 3.63) is 70.8 Å². The third-order valence-electron chi connectivity index (χ3n) is 6.11. The molecule has 1 saturated heterocycles. The number of piperazine rings is 1. The maximum Gasteiger partial charge on any atom is 0.328 e. The van der Waals surface area contributed by atoms with E-state index < -0.39 is 11.9 Å². The van der Waals surface area contributed by atoms with Crippen molar-refractivity contribution in [1.82, 2.24) is 9.80 Å². The molecule has 0 unspecified atom stereocenters. The molecule has 0 radical (unpaired) electrons. The van der Waals surface area contributed by atoms with Crippen molar-refractivity contribution in [2.75, 3.05) is 33.2 Å². The summed E-state index contributed by atoms with van der Waals surface area (Å²) in [5.74, 6) is -2.51. The third kappa shape index (κ3) is 5.67. The number of hydrogen-bond donors (Lipinski definition) is 2. The van der Waals surface area contributed by atoms with Crippen LogP contribution < -0.4 is 0 Å². The van der Waals surface area contributed by atoms with Gasteiger partial charge in [-0.2, -0.15) is 0 Å². The highest BCUT2D eigenvalue weighted by atomic mass is 32.2. The number of carboxylic acids is 2. The van der Waals surface area contributed by atoms with Crippen LogP contribution in [-0.2, 0) is 22.4 Å². The summed E-state index contributed by atoms with van der Waals surface area (Å²) in [6.07, 6.45) is 7.35. The van der Waals surface area contributed by atoms with Crippen molar-refractivity contribution in [3.8, 4) is 0 Å². The van der Waals surface area contributed by atoms with Gasteiger partial charge >= 0.3 is 11.9 Å². The average Bonchev–Trinajstić information content (AvgIpc) is 3.18. The van der Waals surface area contributed by atoms with Gasteiger partial charge in [-0.25, -0.2) is 9.59 Å². The molecular formula is C26H28N2O4S. The minimum atomic E-state index is -1.26. The van der Waals surface area contributed by atoms with E-state index in [4.69, 9.17) is 10.2 Å². The van der Waals surface area contributed by atoms with Gasteiger partial charge in [0.05, 0.1) is 0 Å². The standard InChI is InChI=1S/C22H24N2S.C4H4O4/c1-23-9-11-24(12-10-23)20-14-18-5-2-3-8-21(18)25-22-15-17-7-4-6-16(17)13-19(20)22;5-3(6)1-2-4(7)8/h2-3,5,8,13-15H,4,6-7,9-12H2,1H3;1-2H,(H,5,6)(H,7,8)/b;2-1-. The van der Waals surface area contributed by atoms with Crippen molar-refractivity contribution in [2.24, 2.45) is 0 Å². The number of aryl methyl sites for hydroxylation is 2. The molecule has 0 amide bonds. The summed E-state index contributed by atoms with van der Waals surface area (Å²) in [6, 6.07) is 13.8. The summed E-state index contributed by atoms with van der Waals surface area (Å²) < 4.78 is 0. The molecule has 6 nitrogen and oxygen atoms in total. The highest BCUT2D eigenvalue weighted by molar-refractivity contribution is 7.99. The largest absolute Gasteiger partial charge is 0.478 e. The van der Waals surface area contributed by atoms with Gasteiger partial charge in [0, 0.05) is 59.4 Å². The van der Waals surface area contributed by atoms with Crippen LogP contribution in [0.25, 0.3) is 11.8 Å². The first-order valence-corrected chi connectivity index (χ1v) is 11.9. The number of carbonyl (C=O) groups is 2. The SMILES string of the molecule is CN1CCN(C2=Cc3ccccc3Sc3cc4c(cc32)CCC4)CC1.O=C(O)/C=C\C(=O)O. The fraction of sp³-hybridized carbons (Fsp3) is 0.308. The molecule has 172 valence electrons. The Morgan fingerprint density at radius 3 is 2.21 bits per heavy atom. The molecule has 1 fully saturated rings. The van der Waals surface area contributed by atoms with Gasteiger partial charge < -0.3 is 20.0 Å². The Kier molecular flexibility index (Phi) is 7.20. The number of benzene rings is 2. The molecule has 2 aromatic carbocycles. The lowest BCUT2D eigenvalue weighted by Gasteiger charge is -2.36. The zero-order valence-corrected chi connectivity index (χ0v) is 19.5. The van der Waals surface area contributed by atoms with Crippen LogP contribution in [0.3, 0.4) is 0 Å². The number of carboxylic acid groups (broad SMARTS) is 2. The highest BCUT2D eigenvalue weighted by Crippen LogP contribution is 2.43. The van der Waals surface area contributed by atoms with Crippen LogP contribution in [0.4, 0.5) is 0 Å². The summed E-state index contributed by atoms with van der Waals surface area (Å²) >= 11 is 1.95. The Balaban J connectivity index is 0.000000281.